The summed E-state index contributed by atoms with van der Waals surface area (Å²) in [6.45, 7) is 12.0. The van der Waals surface area contributed by atoms with Gasteiger partial charge in [0.1, 0.15) is 23.7 Å². The van der Waals surface area contributed by atoms with Crippen molar-refractivity contribution in [1.29, 1.82) is 0 Å². The Bertz CT molecular complexity index is 1520. The minimum absolute atomic E-state index is 0.139. The summed E-state index contributed by atoms with van der Waals surface area (Å²) in [5.41, 5.74) is -1.01. The number of nitrogens with one attached hydrogen (secondary N) is 4. The molecule has 288 valence electrons. The normalized spacial score (nSPS) is 20.7. The topological polar surface area (TPSA) is 183 Å². The van der Waals surface area contributed by atoms with Crippen LogP contribution in [0.15, 0.2) is 30.3 Å². The second kappa shape index (κ2) is 17.1. The summed E-state index contributed by atoms with van der Waals surface area (Å²) in [5.74, 6) is -4.72. The maximum absolute atomic E-state index is 14.1. The lowest BCUT2D eigenvalue weighted by molar-refractivity contribution is -0.145. The molecule has 6 atom stereocenters. The molecular formula is C36H52Br2N6O8. The van der Waals surface area contributed by atoms with Gasteiger partial charge in [-0.3, -0.25) is 28.8 Å². The number of rotatable bonds is 14. The zero-order chi connectivity index (χ0) is 39.3. The molecule has 1 saturated heterocycles. The maximum atomic E-state index is 14.1. The van der Waals surface area contributed by atoms with Crippen LogP contribution in [0.4, 0.5) is 4.79 Å². The number of alkyl halides is 2. The summed E-state index contributed by atoms with van der Waals surface area (Å²) >= 11 is 7.25. The minimum atomic E-state index is -1.24. The van der Waals surface area contributed by atoms with E-state index in [0.717, 1.165) is 0 Å². The van der Waals surface area contributed by atoms with Crippen LogP contribution in [-0.2, 0) is 33.5 Å². The number of carbonyl (C=O) groups is 7. The highest BCUT2D eigenvalue weighted by Crippen LogP contribution is 2.67. The van der Waals surface area contributed by atoms with Crippen molar-refractivity contribution < 1.29 is 38.3 Å². The zero-order valence-electron chi connectivity index (χ0n) is 31.3. The Morgan fingerprint density at radius 2 is 1.58 bits per heavy atom. The van der Waals surface area contributed by atoms with Gasteiger partial charge >= 0.3 is 6.09 Å². The van der Waals surface area contributed by atoms with Crippen molar-refractivity contribution in [3.63, 3.8) is 0 Å². The van der Waals surface area contributed by atoms with Crippen molar-refractivity contribution in [2.45, 2.75) is 101 Å². The highest BCUT2D eigenvalue weighted by molar-refractivity contribution is 9.25. The molecule has 14 nitrogen and oxygen atoms in total. The molecule has 1 aliphatic heterocycles. The number of nitrogens with zero attached hydrogens (tertiary/aromatic N) is 2. The Morgan fingerprint density at radius 3 is 2.12 bits per heavy atom. The predicted molar refractivity (Wildman–Crippen MR) is 201 cm³/mol. The van der Waals surface area contributed by atoms with E-state index in [9.17, 15) is 33.6 Å². The molecule has 52 heavy (non-hydrogen) atoms. The SMILES string of the molecule is CCCCC(NC(=O)[C@@H]1[C@@H]2[C@H](CN1C(=O)[C@@H](NC(=O)OC(C)(C)C)C(C)(C)C)C2(Br)Br)C(=O)C(=O)NCC(=O)NC(C(=O)N(C)C)c1ccccc1. The Kier molecular flexibility index (Phi) is 14.1. The van der Waals surface area contributed by atoms with Gasteiger partial charge in [0, 0.05) is 32.5 Å². The molecule has 6 amide bonds. The van der Waals surface area contributed by atoms with Crippen LogP contribution in [0.3, 0.4) is 0 Å². The molecule has 1 heterocycles. The van der Waals surface area contributed by atoms with Crippen molar-refractivity contribution in [2.24, 2.45) is 17.3 Å². The van der Waals surface area contributed by atoms with E-state index in [1.807, 2.05) is 6.92 Å². The van der Waals surface area contributed by atoms with E-state index in [4.69, 9.17) is 4.74 Å². The first-order valence-corrected chi connectivity index (χ1v) is 19.0. The highest BCUT2D eigenvalue weighted by atomic mass is 79.9. The van der Waals surface area contributed by atoms with Crippen molar-refractivity contribution >= 4 is 73.3 Å². The van der Waals surface area contributed by atoms with E-state index in [1.165, 1.54) is 9.80 Å². The number of Topliss-reactive ketones (excluding diaryl/α,β-unsaturated/α-hetero) is 1. The number of alkyl carbamates (subject to hydrolysis) is 1. The summed E-state index contributed by atoms with van der Waals surface area (Å²) in [6.07, 6.45) is 0.536. The summed E-state index contributed by atoms with van der Waals surface area (Å²) in [6, 6.07) is 4.29. The van der Waals surface area contributed by atoms with Crippen LogP contribution in [-0.4, -0.2) is 105 Å². The third-order valence-electron chi connectivity index (χ3n) is 8.90. The number of ether oxygens (including phenoxy) is 1. The molecule has 1 aromatic carbocycles. The molecule has 3 rings (SSSR count). The smallest absolute Gasteiger partial charge is 0.408 e. The van der Waals surface area contributed by atoms with Crippen molar-refractivity contribution in [3.05, 3.63) is 35.9 Å². The lowest BCUT2D eigenvalue weighted by atomic mass is 9.85. The third-order valence-corrected chi connectivity index (χ3v) is 11.1. The molecule has 1 aliphatic carbocycles. The fourth-order valence-electron chi connectivity index (χ4n) is 6.12. The number of hydrogen-bond acceptors (Lipinski definition) is 8. The van der Waals surface area contributed by atoms with Gasteiger partial charge in [-0.15, -0.1) is 0 Å². The number of halogens is 2. The van der Waals surface area contributed by atoms with E-state index < -0.39 is 80.5 Å². The zero-order valence-corrected chi connectivity index (χ0v) is 34.5. The Morgan fingerprint density at radius 1 is 0.962 bits per heavy atom. The van der Waals surface area contributed by atoms with Gasteiger partial charge in [0.2, 0.25) is 29.4 Å². The Balaban J connectivity index is 1.76. The van der Waals surface area contributed by atoms with E-state index in [2.05, 4.69) is 53.1 Å². The second-order valence-corrected chi connectivity index (χ2v) is 19.3. The first-order chi connectivity index (χ1) is 24.0. The molecule has 2 fully saturated rings. The van der Waals surface area contributed by atoms with Crippen LogP contribution in [0.25, 0.3) is 0 Å². The molecule has 0 spiro atoms. The fourth-order valence-corrected chi connectivity index (χ4v) is 7.85. The molecule has 4 N–H and O–H groups in total. The van der Waals surface area contributed by atoms with Crippen LogP contribution < -0.4 is 21.3 Å². The summed E-state index contributed by atoms with van der Waals surface area (Å²) in [7, 11) is 3.11. The average molecular weight is 857 g/mol. The molecule has 0 bridgehead atoms. The van der Waals surface area contributed by atoms with Crippen molar-refractivity contribution in [3.8, 4) is 0 Å². The quantitative estimate of drug-likeness (QED) is 0.163. The number of amides is 6. The van der Waals surface area contributed by atoms with E-state index in [1.54, 1.807) is 86.0 Å². The number of unbranched alkanes of at least 4 members (excludes halogenated alkanes) is 1. The Labute approximate surface area is 322 Å². The molecule has 16 heteroatoms. The molecule has 2 unspecified atom stereocenters. The van der Waals surface area contributed by atoms with Crippen LogP contribution in [0.5, 0.6) is 0 Å². The van der Waals surface area contributed by atoms with Crippen LogP contribution in [0.2, 0.25) is 0 Å². The first kappa shape index (κ1) is 42.9. The van der Waals surface area contributed by atoms with Gasteiger partial charge in [0.05, 0.1) is 15.8 Å². The number of piperidine rings is 1. The van der Waals surface area contributed by atoms with E-state index in [0.29, 0.717) is 18.4 Å². The van der Waals surface area contributed by atoms with Crippen LogP contribution in [0, 0.1) is 17.3 Å². The lowest BCUT2D eigenvalue weighted by Gasteiger charge is -2.37. The number of ketones is 1. The average Bonchev–Trinajstić information content (AvgIpc) is 3.35. The number of hydrogen-bond donors (Lipinski definition) is 4. The second-order valence-electron chi connectivity index (χ2n) is 15.6. The number of likely N-dealkylation sites (tertiary alicyclic amines) is 1. The van der Waals surface area contributed by atoms with E-state index in [-0.39, 0.29) is 30.7 Å². The number of benzene rings is 1. The standard InChI is InChI=1S/C36H52Br2N6O8/c1-10-11-17-22(27(46)30(48)39-18-23(45)41-25(31(49)43(8)9)20-15-13-12-14-16-20)40-29(47)26-24-21(36(24,37)38)19-44(26)32(50)28(34(2,3)4)42-33(51)52-35(5,6)7/h12-16,21-22,24-26,28H,10-11,17-19H2,1-9H3,(H,39,48)(H,40,47)(H,41,45)(H,42,51)/t21-,22?,24-,25?,26-,28+/m0/s1. The van der Waals surface area contributed by atoms with Gasteiger partial charge < -0.3 is 35.8 Å². The van der Waals surface area contributed by atoms with Gasteiger partial charge in [0.15, 0.2) is 0 Å². The van der Waals surface area contributed by atoms with Crippen molar-refractivity contribution in [1.82, 2.24) is 31.1 Å². The van der Waals surface area contributed by atoms with Gasteiger partial charge in [0.25, 0.3) is 5.91 Å². The molecule has 0 aromatic heterocycles. The van der Waals surface area contributed by atoms with Gasteiger partial charge in [-0.05, 0) is 38.2 Å². The maximum Gasteiger partial charge on any atom is 0.408 e. The summed E-state index contributed by atoms with van der Waals surface area (Å²) in [4.78, 5) is 96.0. The number of carbonyl (C=O) groups excluding carboxylic acids is 7. The lowest BCUT2D eigenvalue weighted by Crippen LogP contribution is -2.61. The van der Waals surface area contributed by atoms with Crippen LogP contribution in [0.1, 0.15) is 79.3 Å². The van der Waals surface area contributed by atoms with Gasteiger partial charge in [-0.25, -0.2) is 4.79 Å². The number of likely N-dealkylation sites (N-methyl/N-ethyl adjacent to an activating group) is 1. The minimum Gasteiger partial charge on any atom is -0.444 e. The Hall–Kier alpha value is -3.53. The molecular weight excluding hydrogens is 804 g/mol. The van der Waals surface area contributed by atoms with Crippen molar-refractivity contribution in [2.75, 3.05) is 27.2 Å². The molecule has 1 saturated carbocycles. The molecule has 0 radical (unpaired) electrons. The van der Waals surface area contributed by atoms with Gasteiger partial charge in [-0.1, -0.05) is 103 Å². The third kappa shape index (κ3) is 10.8. The molecule has 2 aliphatic rings. The highest BCUT2D eigenvalue weighted by Gasteiger charge is 2.73. The summed E-state index contributed by atoms with van der Waals surface area (Å²) < 4.78 is 4.80. The monoisotopic (exact) mass is 854 g/mol. The predicted octanol–water partition coefficient (Wildman–Crippen LogP) is 3.17. The number of fused-ring (bicyclic) bond motifs is 1. The largest absolute Gasteiger partial charge is 0.444 e. The fraction of sp³-hybridized carbons (Fsp3) is 0.639. The first-order valence-electron chi connectivity index (χ1n) is 17.4. The molecule has 1 aromatic rings. The summed E-state index contributed by atoms with van der Waals surface area (Å²) in [5, 5.41) is 10.3. The van der Waals surface area contributed by atoms with Gasteiger partial charge in [-0.2, -0.15) is 0 Å². The van der Waals surface area contributed by atoms with Crippen LogP contribution >= 0.6 is 31.9 Å². The van der Waals surface area contributed by atoms with E-state index >= 15 is 0 Å².